The van der Waals surface area contributed by atoms with Crippen molar-refractivity contribution < 1.29 is 0 Å². The number of aryl methyl sites for hydroxylation is 1. The van der Waals surface area contributed by atoms with Gasteiger partial charge in [0.25, 0.3) is 0 Å². The maximum Gasteiger partial charge on any atom is 0.165 e. The van der Waals surface area contributed by atoms with Crippen LogP contribution in [0.5, 0.6) is 0 Å². The minimum absolute atomic E-state index is 0.456. The highest BCUT2D eigenvalue weighted by Crippen LogP contribution is 2.01. The third kappa shape index (κ3) is 3.56. The van der Waals surface area contributed by atoms with Crippen molar-refractivity contribution in [3.63, 3.8) is 0 Å². The molecule has 0 bridgehead atoms. The molecule has 0 aliphatic rings. The molecule has 1 heterocycles. The SMILES string of the molecule is N#CCCCCCn1cc(N)nn1. The number of nitrogens with zero attached hydrogens (tertiary/aromatic N) is 4. The van der Waals surface area contributed by atoms with E-state index < -0.39 is 0 Å². The Morgan fingerprint density at radius 1 is 1.46 bits per heavy atom. The van der Waals surface area contributed by atoms with Crippen molar-refractivity contribution >= 4 is 5.82 Å². The van der Waals surface area contributed by atoms with Gasteiger partial charge in [-0.2, -0.15) is 5.26 Å². The van der Waals surface area contributed by atoms with E-state index in [2.05, 4.69) is 16.4 Å². The van der Waals surface area contributed by atoms with Crippen LogP contribution in [0, 0.1) is 11.3 Å². The van der Waals surface area contributed by atoms with Gasteiger partial charge in [-0.1, -0.05) is 11.6 Å². The van der Waals surface area contributed by atoms with Crippen molar-refractivity contribution in [1.82, 2.24) is 15.0 Å². The van der Waals surface area contributed by atoms with Crippen LogP contribution in [0.4, 0.5) is 5.82 Å². The summed E-state index contributed by atoms with van der Waals surface area (Å²) >= 11 is 0. The quantitative estimate of drug-likeness (QED) is 0.682. The average molecular weight is 179 g/mol. The number of nitrogen functional groups attached to an aromatic ring is 1. The van der Waals surface area contributed by atoms with Gasteiger partial charge in [-0.3, -0.25) is 4.68 Å². The summed E-state index contributed by atoms with van der Waals surface area (Å²) in [6.45, 7) is 0.829. The predicted molar refractivity (Wildman–Crippen MR) is 48.5 cm³/mol. The van der Waals surface area contributed by atoms with Gasteiger partial charge in [0.05, 0.1) is 12.3 Å². The van der Waals surface area contributed by atoms with E-state index in [0.717, 1.165) is 25.8 Å². The van der Waals surface area contributed by atoms with Crippen LogP contribution >= 0.6 is 0 Å². The van der Waals surface area contributed by atoms with Crippen molar-refractivity contribution in [2.75, 3.05) is 5.73 Å². The average Bonchev–Trinajstić information content (AvgIpc) is 2.51. The lowest BCUT2D eigenvalue weighted by Gasteiger charge is -1.97. The molecule has 0 saturated carbocycles. The number of rotatable bonds is 5. The van der Waals surface area contributed by atoms with E-state index in [0.29, 0.717) is 12.2 Å². The minimum atomic E-state index is 0.456. The Balaban J connectivity index is 2.10. The predicted octanol–water partition coefficient (Wildman–Crippen LogP) is 0.944. The van der Waals surface area contributed by atoms with Crippen LogP contribution < -0.4 is 5.73 Å². The molecular weight excluding hydrogens is 166 g/mol. The first kappa shape index (κ1) is 9.52. The normalized spacial score (nSPS) is 9.77. The Hall–Kier alpha value is -1.57. The van der Waals surface area contributed by atoms with E-state index in [-0.39, 0.29) is 0 Å². The van der Waals surface area contributed by atoms with E-state index in [9.17, 15) is 0 Å². The Kier molecular flexibility index (Phi) is 3.76. The van der Waals surface area contributed by atoms with Gasteiger partial charge in [0, 0.05) is 13.0 Å². The lowest BCUT2D eigenvalue weighted by molar-refractivity contribution is 0.532. The molecule has 2 N–H and O–H groups in total. The van der Waals surface area contributed by atoms with Crippen LogP contribution in [0.25, 0.3) is 0 Å². The van der Waals surface area contributed by atoms with Gasteiger partial charge in [0.15, 0.2) is 5.82 Å². The summed E-state index contributed by atoms with van der Waals surface area (Å²) in [5.74, 6) is 0.456. The summed E-state index contributed by atoms with van der Waals surface area (Å²) in [6, 6.07) is 2.12. The molecule has 1 rings (SSSR count). The fourth-order valence-corrected chi connectivity index (χ4v) is 1.08. The zero-order valence-electron chi connectivity index (χ0n) is 7.48. The van der Waals surface area contributed by atoms with E-state index in [1.807, 2.05) is 0 Å². The molecule has 0 radical (unpaired) electrons. The van der Waals surface area contributed by atoms with Gasteiger partial charge in [-0.25, -0.2) is 0 Å². The van der Waals surface area contributed by atoms with Crippen molar-refractivity contribution in [1.29, 1.82) is 5.26 Å². The van der Waals surface area contributed by atoms with Crippen molar-refractivity contribution in [2.24, 2.45) is 0 Å². The van der Waals surface area contributed by atoms with Gasteiger partial charge in [0.2, 0.25) is 0 Å². The highest BCUT2D eigenvalue weighted by molar-refractivity contribution is 5.19. The Morgan fingerprint density at radius 2 is 2.31 bits per heavy atom. The monoisotopic (exact) mass is 179 g/mol. The van der Waals surface area contributed by atoms with Crippen LogP contribution in [0.2, 0.25) is 0 Å². The Morgan fingerprint density at radius 3 is 2.92 bits per heavy atom. The van der Waals surface area contributed by atoms with E-state index in [1.54, 1.807) is 10.9 Å². The van der Waals surface area contributed by atoms with Crippen LogP contribution in [0.15, 0.2) is 6.20 Å². The zero-order chi connectivity index (χ0) is 9.52. The van der Waals surface area contributed by atoms with E-state index >= 15 is 0 Å². The Bertz CT molecular complexity index is 285. The van der Waals surface area contributed by atoms with Crippen LogP contribution in [0.3, 0.4) is 0 Å². The number of nitrogens with two attached hydrogens (primary N) is 1. The molecular formula is C8H13N5. The molecule has 0 fully saturated rings. The van der Waals surface area contributed by atoms with E-state index in [1.165, 1.54) is 0 Å². The second-order valence-electron chi connectivity index (χ2n) is 2.88. The van der Waals surface area contributed by atoms with E-state index in [4.69, 9.17) is 11.0 Å². The van der Waals surface area contributed by atoms with Gasteiger partial charge in [0.1, 0.15) is 0 Å². The molecule has 5 heteroatoms. The summed E-state index contributed by atoms with van der Waals surface area (Å²) in [7, 11) is 0. The molecule has 0 atom stereocenters. The second kappa shape index (κ2) is 5.14. The standard InChI is InChI=1S/C8H13N5/c9-5-3-1-2-4-6-13-7-8(10)11-12-13/h7H,1-4,6,10H2. The number of nitriles is 1. The molecule has 0 aliphatic carbocycles. The molecule has 1 aromatic heterocycles. The Labute approximate surface area is 77.1 Å². The maximum atomic E-state index is 8.29. The molecule has 0 spiro atoms. The van der Waals surface area contributed by atoms with Gasteiger partial charge in [-0.15, -0.1) is 5.10 Å². The molecule has 0 aromatic carbocycles. The summed E-state index contributed by atoms with van der Waals surface area (Å²) in [4.78, 5) is 0. The molecule has 70 valence electrons. The van der Waals surface area contributed by atoms with Crippen LogP contribution in [0.1, 0.15) is 25.7 Å². The molecule has 1 aromatic rings. The van der Waals surface area contributed by atoms with Crippen molar-refractivity contribution in [3.8, 4) is 6.07 Å². The summed E-state index contributed by atoms with van der Waals surface area (Å²) < 4.78 is 1.72. The van der Waals surface area contributed by atoms with Crippen molar-refractivity contribution in [3.05, 3.63) is 6.20 Å². The first-order chi connectivity index (χ1) is 6.33. The van der Waals surface area contributed by atoms with Crippen LogP contribution in [-0.4, -0.2) is 15.0 Å². The molecule has 0 saturated heterocycles. The van der Waals surface area contributed by atoms with Crippen LogP contribution in [-0.2, 0) is 6.54 Å². The number of anilines is 1. The summed E-state index contributed by atoms with van der Waals surface area (Å²) in [5, 5.41) is 15.8. The zero-order valence-corrected chi connectivity index (χ0v) is 7.48. The highest BCUT2D eigenvalue weighted by atomic mass is 15.4. The lowest BCUT2D eigenvalue weighted by Crippen LogP contribution is -1.98. The van der Waals surface area contributed by atoms with Gasteiger partial charge >= 0.3 is 0 Å². The molecule has 5 nitrogen and oxygen atoms in total. The number of hydrogen-bond acceptors (Lipinski definition) is 4. The second-order valence-corrected chi connectivity index (χ2v) is 2.88. The fraction of sp³-hybridized carbons (Fsp3) is 0.625. The molecule has 0 aliphatic heterocycles. The largest absolute Gasteiger partial charge is 0.381 e. The lowest BCUT2D eigenvalue weighted by atomic mass is 10.2. The first-order valence-electron chi connectivity index (χ1n) is 4.35. The van der Waals surface area contributed by atoms with Crippen molar-refractivity contribution in [2.45, 2.75) is 32.2 Å². The number of hydrogen-bond donors (Lipinski definition) is 1. The van der Waals surface area contributed by atoms with Gasteiger partial charge < -0.3 is 5.73 Å². The summed E-state index contributed by atoms with van der Waals surface area (Å²) in [5.41, 5.74) is 5.39. The maximum absolute atomic E-state index is 8.29. The molecule has 13 heavy (non-hydrogen) atoms. The third-order valence-corrected chi connectivity index (χ3v) is 1.73. The first-order valence-corrected chi connectivity index (χ1v) is 4.35. The number of aromatic nitrogens is 3. The fourth-order valence-electron chi connectivity index (χ4n) is 1.08. The topological polar surface area (TPSA) is 80.5 Å². The third-order valence-electron chi connectivity index (χ3n) is 1.73. The smallest absolute Gasteiger partial charge is 0.165 e. The minimum Gasteiger partial charge on any atom is -0.381 e. The highest BCUT2D eigenvalue weighted by Gasteiger charge is 1.95. The number of unbranched alkanes of at least 4 members (excludes halogenated alkanes) is 3. The summed E-state index contributed by atoms with van der Waals surface area (Å²) in [6.07, 6.45) is 5.38. The molecule has 0 unspecified atom stereocenters. The molecule has 0 amide bonds. The van der Waals surface area contributed by atoms with Gasteiger partial charge in [-0.05, 0) is 12.8 Å².